The van der Waals surface area contributed by atoms with Crippen LogP contribution in [0.25, 0.3) is 0 Å². The maximum atomic E-state index is 5.52. The second kappa shape index (κ2) is 7.77. The summed E-state index contributed by atoms with van der Waals surface area (Å²) in [5.41, 5.74) is 0.444. The molecule has 3 nitrogen and oxygen atoms in total. The first kappa shape index (κ1) is 16.3. The van der Waals surface area contributed by atoms with Crippen molar-refractivity contribution in [1.29, 1.82) is 0 Å². The van der Waals surface area contributed by atoms with E-state index in [4.69, 9.17) is 4.74 Å². The Morgan fingerprint density at radius 1 is 1.30 bits per heavy atom. The summed E-state index contributed by atoms with van der Waals surface area (Å²) in [6.45, 7) is 12.2. The van der Waals surface area contributed by atoms with E-state index in [9.17, 15) is 0 Å². The van der Waals surface area contributed by atoms with Crippen molar-refractivity contribution in [3.63, 3.8) is 0 Å². The van der Waals surface area contributed by atoms with Gasteiger partial charge in [0, 0.05) is 44.4 Å². The van der Waals surface area contributed by atoms with Crippen molar-refractivity contribution in [2.75, 3.05) is 32.8 Å². The minimum atomic E-state index is 0.444. The molecule has 2 rings (SSSR count). The van der Waals surface area contributed by atoms with Crippen molar-refractivity contribution in [1.82, 2.24) is 10.2 Å². The molecule has 0 aromatic rings. The summed E-state index contributed by atoms with van der Waals surface area (Å²) in [5.74, 6) is 0.786. The van der Waals surface area contributed by atoms with Crippen molar-refractivity contribution < 1.29 is 4.74 Å². The zero-order valence-electron chi connectivity index (χ0n) is 13.8. The van der Waals surface area contributed by atoms with Crippen LogP contribution in [-0.4, -0.2) is 49.3 Å². The lowest BCUT2D eigenvalue weighted by atomic mass is 9.89. The van der Waals surface area contributed by atoms with Gasteiger partial charge in [-0.15, -0.1) is 0 Å². The normalized spacial score (nSPS) is 26.7. The standard InChI is InChI=1S/C17H34N2O/c1-4-20-11-7-10-19-14-17(8-5-6-9-17)18-13-16(19)12-15(2)3/h15-16,18H,4-14H2,1-3H3. The quantitative estimate of drug-likeness (QED) is 0.726. The van der Waals surface area contributed by atoms with E-state index in [2.05, 4.69) is 31.0 Å². The fraction of sp³-hybridized carbons (Fsp3) is 1.00. The predicted octanol–water partition coefficient (Wildman–Crippen LogP) is 3.05. The second-order valence-electron chi connectivity index (χ2n) is 7.17. The molecule has 1 heterocycles. The van der Waals surface area contributed by atoms with E-state index in [1.807, 2.05) is 0 Å². The highest BCUT2D eigenvalue weighted by molar-refractivity contribution is 5.01. The molecule has 0 bridgehead atoms. The Bertz CT molecular complexity index is 274. The van der Waals surface area contributed by atoms with Gasteiger partial charge in [-0.25, -0.2) is 0 Å². The molecule has 20 heavy (non-hydrogen) atoms. The van der Waals surface area contributed by atoms with E-state index in [1.54, 1.807) is 0 Å². The average molecular weight is 282 g/mol. The number of nitrogens with zero attached hydrogens (tertiary/aromatic N) is 1. The molecule has 1 aliphatic heterocycles. The minimum Gasteiger partial charge on any atom is -0.382 e. The third kappa shape index (κ3) is 4.44. The first-order chi connectivity index (χ1) is 9.65. The highest BCUT2D eigenvalue weighted by Crippen LogP contribution is 2.34. The van der Waals surface area contributed by atoms with Gasteiger partial charge in [-0.3, -0.25) is 4.90 Å². The number of piperazine rings is 1. The molecule has 1 atom stereocenters. The summed E-state index contributed by atoms with van der Waals surface area (Å²) < 4.78 is 5.52. The van der Waals surface area contributed by atoms with Crippen molar-refractivity contribution in [3.05, 3.63) is 0 Å². The lowest BCUT2D eigenvalue weighted by Crippen LogP contribution is -2.63. The van der Waals surface area contributed by atoms with Gasteiger partial charge in [-0.1, -0.05) is 26.7 Å². The summed E-state index contributed by atoms with van der Waals surface area (Å²) in [6.07, 6.45) is 8.08. The van der Waals surface area contributed by atoms with Crippen LogP contribution in [0, 0.1) is 5.92 Å². The first-order valence-corrected chi connectivity index (χ1v) is 8.72. The summed E-state index contributed by atoms with van der Waals surface area (Å²) in [6, 6.07) is 0.725. The summed E-state index contributed by atoms with van der Waals surface area (Å²) in [4.78, 5) is 2.76. The summed E-state index contributed by atoms with van der Waals surface area (Å²) in [5, 5.41) is 3.91. The molecule has 0 radical (unpaired) electrons. The van der Waals surface area contributed by atoms with E-state index < -0.39 is 0 Å². The molecular weight excluding hydrogens is 248 g/mol. The Morgan fingerprint density at radius 3 is 2.70 bits per heavy atom. The molecule has 0 aromatic carbocycles. The van der Waals surface area contributed by atoms with Crippen LogP contribution in [0.1, 0.15) is 59.3 Å². The van der Waals surface area contributed by atoms with Crippen LogP contribution in [0.15, 0.2) is 0 Å². The molecule has 118 valence electrons. The number of rotatable bonds is 7. The molecule has 1 unspecified atom stereocenters. The van der Waals surface area contributed by atoms with Crippen LogP contribution in [0.2, 0.25) is 0 Å². The number of hydrogen-bond acceptors (Lipinski definition) is 3. The zero-order valence-corrected chi connectivity index (χ0v) is 13.8. The van der Waals surface area contributed by atoms with Gasteiger partial charge in [0.2, 0.25) is 0 Å². The van der Waals surface area contributed by atoms with E-state index in [-0.39, 0.29) is 0 Å². The SMILES string of the molecule is CCOCCCN1CC2(CCCC2)NCC1CC(C)C. The van der Waals surface area contributed by atoms with Gasteiger partial charge in [-0.2, -0.15) is 0 Å². The highest BCUT2D eigenvalue weighted by Gasteiger charge is 2.40. The third-order valence-electron chi connectivity index (χ3n) is 4.98. The van der Waals surface area contributed by atoms with E-state index in [1.165, 1.54) is 58.2 Å². The molecular formula is C17H34N2O. The van der Waals surface area contributed by atoms with Gasteiger partial charge in [-0.05, 0) is 38.5 Å². The maximum absolute atomic E-state index is 5.52. The minimum absolute atomic E-state index is 0.444. The van der Waals surface area contributed by atoms with Crippen molar-refractivity contribution in [2.45, 2.75) is 70.9 Å². The molecule has 1 aliphatic carbocycles. The van der Waals surface area contributed by atoms with Gasteiger partial charge in [0.05, 0.1) is 0 Å². The van der Waals surface area contributed by atoms with Crippen molar-refractivity contribution >= 4 is 0 Å². The Kier molecular flexibility index (Phi) is 6.31. The molecule has 2 fully saturated rings. The molecule has 0 aromatic heterocycles. The van der Waals surface area contributed by atoms with Gasteiger partial charge < -0.3 is 10.1 Å². The summed E-state index contributed by atoms with van der Waals surface area (Å²) >= 11 is 0. The molecule has 1 saturated carbocycles. The molecule has 1 N–H and O–H groups in total. The van der Waals surface area contributed by atoms with Crippen LogP contribution in [-0.2, 0) is 4.74 Å². The van der Waals surface area contributed by atoms with Crippen molar-refractivity contribution in [2.24, 2.45) is 5.92 Å². The first-order valence-electron chi connectivity index (χ1n) is 8.72. The fourth-order valence-electron chi connectivity index (χ4n) is 3.98. The van der Waals surface area contributed by atoms with E-state index >= 15 is 0 Å². The van der Waals surface area contributed by atoms with E-state index in [0.29, 0.717) is 5.54 Å². The second-order valence-corrected chi connectivity index (χ2v) is 7.17. The van der Waals surface area contributed by atoms with Gasteiger partial charge in [0.1, 0.15) is 0 Å². The third-order valence-corrected chi connectivity index (χ3v) is 4.98. The molecule has 0 amide bonds. The molecule has 3 heteroatoms. The number of nitrogens with one attached hydrogen (secondary N) is 1. The largest absolute Gasteiger partial charge is 0.382 e. The summed E-state index contributed by atoms with van der Waals surface area (Å²) in [7, 11) is 0. The topological polar surface area (TPSA) is 24.5 Å². The number of ether oxygens (including phenoxy) is 1. The molecule has 1 spiro atoms. The Labute approximate surface area is 125 Å². The van der Waals surface area contributed by atoms with Gasteiger partial charge >= 0.3 is 0 Å². The van der Waals surface area contributed by atoms with Crippen LogP contribution < -0.4 is 5.32 Å². The Hall–Kier alpha value is -0.120. The van der Waals surface area contributed by atoms with Crippen LogP contribution >= 0.6 is 0 Å². The van der Waals surface area contributed by atoms with E-state index in [0.717, 1.165) is 25.2 Å². The maximum Gasteiger partial charge on any atom is 0.0478 e. The van der Waals surface area contributed by atoms with Crippen molar-refractivity contribution in [3.8, 4) is 0 Å². The Balaban J connectivity index is 1.88. The van der Waals surface area contributed by atoms with Crippen LogP contribution in [0.3, 0.4) is 0 Å². The smallest absolute Gasteiger partial charge is 0.0478 e. The lowest BCUT2D eigenvalue weighted by molar-refractivity contribution is 0.0567. The zero-order chi connectivity index (χ0) is 14.4. The fourth-order valence-corrected chi connectivity index (χ4v) is 3.98. The predicted molar refractivity (Wildman–Crippen MR) is 85.1 cm³/mol. The molecule has 2 aliphatic rings. The van der Waals surface area contributed by atoms with Crippen LogP contribution in [0.5, 0.6) is 0 Å². The molecule has 1 saturated heterocycles. The average Bonchev–Trinajstić information content (AvgIpc) is 2.86. The highest BCUT2D eigenvalue weighted by atomic mass is 16.5. The van der Waals surface area contributed by atoms with Crippen LogP contribution in [0.4, 0.5) is 0 Å². The Morgan fingerprint density at radius 2 is 2.05 bits per heavy atom. The van der Waals surface area contributed by atoms with Gasteiger partial charge in [0.15, 0.2) is 0 Å². The number of hydrogen-bond donors (Lipinski definition) is 1. The lowest BCUT2D eigenvalue weighted by Gasteiger charge is -2.47. The monoisotopic (exact) mass is 282 g/mol. The van der Waals surface area contributed by atoms with Gasteiger partial charge in [0.25, 0.3) is 0 Å².